The van der Waals surface area contributed by atoms with Crippen molar-refractivity contribution in [1.29, 1.82) is 5.26 Å². The summed E-state index contributed by atoms with van der Waals surface area (Å²) in [5, 5.41) is 12.6. The minimum Gasteiger partial charge on any atom is -0.337 e. The highest BCUT2D eigenvalue weighted by molar-refractivity contribution is 5.84. The van der Waals surface area contributed by atoms with Crippen LogP contribution in [0.5, 0.6) is 0 Å². The van der Waals surface area contributed by atoms with Gasteiger partial charge in [0.25, 0.3) is 0 Å². The van der Waals surface area contributed by atoms with Crippen LogP contribution in [-0.2, 0) is 4.79 Å². The average molecular weight is 284 g/mol. The normalized spacial score (nSPS) is 26.6. The molecule has 0 spiro atoms. The molecule has 2 rings (SSSR count). The Morgan fingerprint density at radius 1 is 1.38 bits per heavy atom. The number of amides is 1. The van der Waals surface area contributed by atoms with Gasteiger partial charge in [-0.2, -0.15) is 5.26 Å². The van der Waals surface area contributed by atoms with Gasteiger partial charge in [-0.05, 0) is 43.6 Å². The second kappa shape index (κ2) is 6.76. The smallest absolute Gasteiger partial charge is 0.228 e. The van der Waals surface area contributed by atoms with Gasteiger partial charge in [0.1, 0.15) is 5.54 Å². The van der Waals surface area contributed by atoms with E-state index < -0.39 is 5.54 Å². The third-order valence-corrected chi connectivity index (χ3v) is 4.63. The van der Waals surface area contributed by atoms with Crippen molar-refractivity contribution in [2.24, 2.45) is 5.92 Å². The largest absolute Gasteiger partial charge is 0.337 e. The predicted molar refractivity (Wildman–Crippen MR) is 83.6 cm³/mol. The van der Waals surface area contributed by atoms with Crippen LogP contribution in [0.25, 0.3) is 0 Å². The minimum atomic E-state index is -0.661. The van der Waals surface area contributed by atoms with Crippen LogP contribution in [0.2, 0.25) is 0 Å². The van der Waals surface area contributed by atoms with E-state index in [0.717, 1.165) is 37.7 Å². The molecule has 0 aliphatic heterocycles. The molecule has 1 saturated carbocycles. The summed E-state index contributed by atoms with van der Waals surface area (Å²) in [6.45, 7) is 4.22. The third-order valence-electron chi connectivity index (χ3n) is 4.63. The van der Waals surface area contributed by atoms with Gasteiger partial charge < -0.3 is 5.32 Å². The van der Waals surface area contributed by atoms with Crippen molar-refractivity contribution in [3.05, 3.63) is 35.9 Å². The topological polar surface area (TPSA) is 52.9 Å². The highest BCUT2D eigenvalue weighted by Gasteiger charge is 2.37. The zero-order valence-electron chi connectivity index (χ0n) is 12.9. The van der Waals surface area contributed by atoms with E-state index in [9.17, 15) is 10.1 Å². The van der Waals surface area contributed by atoms with E-state index in [1.54, 1.807) is 0 Å². The first kappa shape index (κ1) is 15.6. The molecular formula is C18H24N2O. The number of nitriles is 1. The highest BCUT2D eigenvalue weighted by Crippen LogP contribution is 2.32. The molecule has 1 amide bonds. The third kappa shape index (κ3) is 3.64. The van der Waals surface area contributed by atoms with Crippen LogP contribution in [0.3, 0.4) is 0 Å². The first-order valence-electron chi connectivity index (χ1n) is 7.88. The first-order valence-corrected chi connectivity index (χ1v) is 7.88. The van der Waals surface area contributed by atoms with Gasteiger partial charge >= 0.3 is 0 Å². The van der Waals surface area contributed by atoms with Gasteiger partial charge in [0.05, 0.1) is 12.0 Å². The van der Waals surface area contributed by atoms with Crippen molar-refractivity contribution >= 4 is 5.91 Å². The lowest BCUT2D eigenvalue weighted by molar-refractivity contribution is -0.124. The molecule has 1 aromatic rings. The van der Waals surface area contributed by atoms with Crippen LogP contribution < -0.4 is 5.32 Å². The van der Waals surface area contributed by atoms with Crippen molar-refractivity contribution in [3.8, 4) is 6.07 Å². The Balaban J connectivity index is 2.10. The van der Waals surface area contributed by atoms with Gasteiger partial charge in [-0.15, -0.1) is 0 Å². The molecule has 0 bridgehead atoms. The van der Waals surface area contributed by atoms with Crippen LogP contribution in [0.4, 0.5) is 0 Å². The molecule has 3 heteroatoms. The molecule has 21 heavy (non-hydrogen) atoms. The molecule has 0 heterocycles. The van der Waals surface area contributed by atoms with Crippen LogP contribution in [-0.4, -0.2) is 11.4 Å². The van der Waals surface area contributed by atoms with Crippen molar-refractivity contribution in [2.45, 2.75) is 57.4 Å². The Labute approximate surface area is 127 Å². The number of hydrogen-bond donors (Lipinski definition) is 1. The summed E-state index contributed by atoms with van der Waals surface area (Å²) >= 11 is 0. The molecule has 1 aliphatic carbocycles. The zero-order valence-corrected chi connectivity index (χ0v) is 12.9. The monoisotopic (exact) mass is 284 g/mol. The zero-order chi connectivity index (χ0) is 15.3. The molecular weight excluding hydrogens is 260 g/mol. The van der Waals surface area contributed by atoms with Crippen molar-refractivity contribution in [1.82, 2.24) is 5.32 Å². The standard InChI is InChI=1S/C18H24N2O/c1-3-16(15-7-5-4-6-8-15)17(21)20-18(13-19)11-9-14(2)10-12-18/h4-8,14,16H,3,9-12H2,1-2H3,(H,20,21). The van der Waals surface area contributed by atoms with E-state index in [0.29, 0.717) is 5.92 Å². The molecule has 112 valence electrons. The summed E-state index contributed by atoms with van der Waals surface area (Å²) in [6, 6.07) is 12.2. The fourth-order valence-corrected chi connectivity index (χ4v) is 3.10. The fourth-order valence-electron chi connectivity index (χ4n) is 3.10. The number of rotatable bonds is 4. The van der Waals surface area contributed by atoms with E-state index in [-0.39, 0.29) is 11.8 Å². The summed E-state index contributed by atoms with van der Waals surface area (Å²) in [4.78, 5) is 12.6. The maximum absolute atomic E-state index is 12.6. The van der Waals surface area contributed by atoms with Gasteiger partial charge in [0.15, 0.2) is 0 Å². The quantitative estimate of drug-likeness (QED) is 0.915. The van der Waals surface area contributed by atoms with Crippen molar-refractivity contribution < 1.29 is 4.79 Å². The van der Waals surface area contributed by atoms with Crippen LogP contribution in [0, 0.1) is 17.2 Å². The summed E-state index contributed by atoms with van der Waals surface area (Å²) in [5.74, 6) is 0.468. The average Bonchev–Trinajstić information content (AvgIpc) is 2.52. The molecule has 1 N–H and O–H groups in total. The number of nitrogens with one attached hydrogen (secondary N) is 1. The van der Waals surface area contributed by atoms with Gasteiger partial charge in [0, 0.05) is 0 Å². The summed E-state index contributed by atoms with van der Waals surface area (Å²) in [5.41, 5.74) is 0.362. The second-order valence-corrected chi connectivity index (χ2v) is 6.24. The highest BCUT2D eigenvalue weighted by atomic mass is 16.2. The summed E-state index contributed by atoms with van der Waals surface area (Å²) in [7, 11) is 0. The second-order valence-electron chi connectivity index (χ2n) is 6.24. The number of nitrogens with zero attached hydrogens (tertiary/aromatic N) is 1. The van der Waals surface area contributed by atoms with E-state index in [2.05, 4.69) is 18.3 Å². The van der Waals surface area contributed by atoms with Crippen LogP contribution >= 0.6 is 0 Å². The maximum Gasteiger partial charge on any atom is 0.228 e. The molecule has 0 radical (unpaired) electrons. The first-order chi connectivity index (χ1) is 10.1. The molecule has 0 aromatic heterocycles. The Morgan fingerprint density at radius 3 is 2.52 bits per heavy atom. The lowest BCUT2D eigenvalue weighted by atomic mass is 9.77. The fraction of sp³-hybridized carbons (Fsp3) is 0.556. The number of carbonyl (C=O) groups excluding carboxylic acids is 1. The lowest BCUT2D eigenvalue weighted by Crippen LogP contribution is -2.50. The Morgan fingerprint density at radius 2 is 2.00 bits per heavy atom. The number of carbonyl (C=O) groups is 1. The molecule has 1 unspecified atom stereocenters. The molecule has 3 nitrogen and oxygen atoms in total. The van der Waals surface area contributed by atoms with E-state index >= 15 is 0 Å². The van der Waals surface area contributed by atoms with Gasteiger partial charge in [-0.25, -0.2) is 0 Å². The molecule has 1 fully saturated rings. The van der Waals surface area contributed by atoms with E-state index in [1.807, 2.05) is 37.3 Å². The lowest BCUT2D eigenvalue weighted by Gasteiger charge is -2.35. The molecule has 1 atom stereocenters. The summed E-state index contributed by atoms with van der Waals surface area (Å²) < 4.78 is 0. The van der Waals surface area contributed by atoms with Crippen molar-refractivity contribution in [3.63, 3.8) is 0 Å². The van der Waals surface area contributed by atoms with Gasteiger partial charge in [-0.1, -0.05) is 44.2 Å². The molecule has 0 saturated heterocycles. The van der Waals surface area contributed by atoms with Crippen LogP contribution in [0.15, 0.2) is 30.3 Å². The van der Waals surface area contributed by atoms with E-state index in [4.69, 9.17) is 0 Å². The van der Waals surface area contributed by atoms with E-state index in [1.165, 1.54) is 0 Å². The SMILES string of the molecule is CCC(C(=O)NC1(C#N)CCC(C)CC1)c1ccccc1. The Kier molecular flexibility index (Phi) is 5.01. The predicted octanol–water partition coefficient (Wildman–Crippen LogP) is 3.77. The minimum absolute atomic E-state index is 0.0141. The molecule has 1 aromatic carbocycles. The number of benzene rings is 1. The Hall–Kier alpha value is -1.82. The summed E-state index contributed by atoms with van der Waals surface area (Å²) in [6.07, 6.45) is 4.29. The Bertz CT molecular complexity index is 510. The van der Waals surface area contributed by atoms with Crippen LogP contribution in [0.1, 0.15) is 57.4 Å². The number of hydrogen-bond acceptors (Lipinski definition) is 2. The van der Waals surface area contributed by atoms with Gasteiger partial charge in [-0.3, -0.25) is 4.79 Å². The maximum atomic E-state index is 12.6. The van der Waals surface area contributed by atoms with Gasteiger partial charge in [0.2, 0.25) is 5.91 Å². The molecule has 1 aliphatic rings. The van der Waals surface area contributed by atoms with Crippen molar-refractivity contribution in [2.75, 3.05) is 0 Å².